The predicted octanol–water partition coefficient (Wildman–Crippen LogP) is 2.15. The van der Waals surface area contributed by atoms with Crippen molar-refractivity contribution in [2.45, 2.75) is 13.0 Å². The molecule has 0 fully saturated rings. The molecule has 8 nitrogen and oxygen atoms in total. The summed E-state index contributed by atoms with van der Waals surface area (Å²) in [4.78, 5) is 21.9. The van der Waals surface area contributed by atoms with Crippen molar-refractivity contribution in [3.63, 3.8) is 0 Å². The molecule has 0 aliphatic rings. The largest absolute Gasteiger partial charge is 0.497 e. The molecule has 3 heterocycles. The number of hydrogen-bond acceptors (Lipinski definition) is 6. The average molecular weight is 365 g/mol. The van der Waals surface area contributed by atoms with E-state index in [0.29, 0.717) is 41.3 Å². The van der Waals surface area contributed by atoms with Crippen molar-refractivity contribution in [2.24, 2.45) is 0 Å². The Kier molecular flexibility index (Phi) is 4.55. The molecule has 27 heavy (non-hydrogen) atoms. The van der Waals surface area contributed by atoms with Crippen LogP contribution >= 0.6 is 0 Å². The van der Waals surface area contributed by atoms with Crippen LogP contribution in [0.15, 0.2) is 47.7 Å². The lowest BCUT2D eigenvalue weighted by molar-refractivity contribution is 0.190. The zero-order chi connectivity index (χ0) is 18.8. The van der Waals surface area contributed by atoms with Gasteiger partial charge in [-0.15, -0.1) is 0 Å². The quantitative estimate of drug-likeness (QED) is 0.487. The van der Waals surface area contributed by atoms with Gasteiger partial charge in [0.25, 0.3) is 11.3 Å². The maximum Gasteiger partial charge on any atom is 0.262 e. The lowest BCUT2D eigenvalue weighted by Crippen LogP contribution is -2.22. The Morgan fingerprint density at radius 3 is 2.89 bits per heavy atom. The fraction of sp³-hybridized carbons (Fsp3) is 0.263. The highest BCUT2D eigenvalue weighted by Gasteiger charge is 2.17. The summed E-state index contributed by atoms with van der Waals surface area (Å²) >= 11 is 0. The van der Waals surface area contributed by atoms with Crippen molar-refractivity contribution in [2.75, 3.05) is 20.8 Å². The Balaban J connectivity index is 2.01. The minimum Gasteiger partial charge on any atom is -0.497 e. The highest BCUT2D eigenvalue weighted by atomic mass is 16.5. The van der Waals surface area contributed by atoms with Gasteiger partial charge in [-0.3, -0.25) is 4.79 Å². The van der Waals surface area contributed by atoms with E-state index in [4.69, 9.17) is 9.47 Å². The molecule has 0 saturated heterocycles. The highest BCUT2D eigenvalue weighted by Crippen LogP contribution is 2.28. The number of fused-ring (bicyclic) bond motifs is 2. The molecular formula is C19H19N5O3. The van der Waals surface area contributed by atoms with E-state index in [2.05, 4.69) is 15.1 Å². The lowest BCUT2D eigenvalue weighted by atomic mass is 10.1. The minimum absolute atomic E-state index is 0.119. The molecule has 138 valence electrons. The van der Waals surface area contributed by atoms with E-state index in [1.165, 1.54) is 6.33 Å². The Morgan fingerprint density at radius 1 is 1.19 bits per heavy atom. The molecule has 0 bridgehead atoms. The molecule has 3 aromatic heterocycles. The third kappa shape index (κ3) is 3.04. The Bertz CT molecular complexity index is 1170. The maximum atomic E-state index is 13.2. The van der Waals surface area contributed by atoms with Crippen LogP contribution in [0.4, 0.5) is 0 Å². The zero-order valence-corrected chi connectivity index (χ0v) is 15.1. The second-order valence-electron chi connectivity index (χ2n) is 6.09. The van der Waals surface area contributed by atoms with Crippen molar-refractivity contribution in [1.82, 2.24) is 24.1 Å². The number of rotatable bonds is 6. The first-order chi connectivity index (χ1) is 13.2. The summed E-state index contributed by atoms with van der Waals surface area (Å²) in [6, 6.07) is 9.36. The van der Waals surface area contributed by atoms with Gasteiger partial charge in [0.15, 0.2) is 0 Å². The van der Waals surface area contributed by atoms with Gasteiger partial charge in [-0.25, -0.2) is 4.98 Å². The normalized spacial score (nSPS) is 11.3. The van der Waals surface area contributed by atoms with E-state index < -0.39 is 0 Å². The van der Waals surface area contributed by atoms with Crippen molar-refractivity contribution < 1.29 is 9.47 Å². The number of methoxy groups -OCH3 is 2. The third-order valence-corrected chi connectivity index (χ3v) is 4.43. The number of aromatic nitrogens is 5. The molecule has 0 unspecified atom stereocenters. The van der Waals surface area contributed by atoms with Crippen LogP contribution in [0, 0.1) is 0 Å². The van der Waals surface area contributed by atoms with Gasteiger partial charge in [-0.1, -0.05) is 12.1 Å². The molecule has 0 aliphatic carbocycles. The molecule has 4 aromatic rings. The first kappa shape index (κ1) is 17.2. The van der Waals surface area contributed by atoms with Crippen molar-refractivity contribution in [3.8, 4) is 17.0 Å². The summed E-state index contributed by atoms with van der Waals surface area (Å²) in [5, 5.41) is 4.78. The summed E-state index contributed by atoms with van der Waals surface area (Å²) in [5.74, 6) is 1.14. The summed E-state index contributed by atoms with van der Waals surface area (Å²) in [6.07, 6.45) is 3.94. The summed E-state index contributed by atoms with van der Waals surface area (Å²) in [6.45, 7) is 1.16. The third-order valence-electron chi connectivity index (χ3n) is 4.43. The first-order valence-electron chi connectivity index (χ1n) is 8.59. The molecule has 0 amide bonds. The zero-order valence-electron chi connectivity index (χ0n) is 15.1. The molecule has 0 spiro atoms. The molecule has 0 aliphatic heterocycles. The van der Waals surface area contributed by atoms with E-state index in [1.807, 2.05) is 30.3 Å². The van der Waals surface area contributed by atoms with Gasteiger partial charge in [0.05, 0.1) is 23.7 Å². The van der Waals surface area contributed by atoms with Gasteiger partial charge in [-0.2, -0.15) is 14.6 Å². The van der Waals surface area contributed by atoms with E-state index in [9.17, 15) is 4.79 Å². The van der Waals surface area contributed by atoms with E-state index in [-0.39, 0.29) is 5.56 Å². The summed E-state index contributed by atoms with van der Waals surface area (Å²) in [7, 11) is 3.26. The number of aryl methyl sites for hydroxylation is 1. The topological polar surface area (TPSA) is 83.5 Å². The fourth-order valence-electron chi connectivity index (χ4n) is 3.16. The van der Waals surface area contributed by atoms with Crippen LogP contribution in [0.1, 0.15) is 6.42 Å². The number of nitrogens with zero attached hydrogens (tertiary/aromatic N) is 5. The molecule has 4 rings (SSSR count). The number of pyridine rings is 1. The van der Waals surface area contributed by atoms with Crippen LogP contribution < -0.4 is 10.3 Å². The highest BCUT2D eigenvalue weighted by molar-refractivity contribution is 5.93. The lowest BCUT2D eigenvalue weighted by Gasteiger charge is -2.12. The number of ether oxygens (including phenoxy) is 2. The summed E-state index contributed by atoms with van der Waals surface area (Å²) < 4.78 is 13.7. The van der Waals surface area contributed by atoms with Crippen LogP contribution in [0.25, 0.3) is 27.9 Å². The maximum absolute atomic E-state index is 13.2. The first-order valence-corrected chi connectivity index (χ1v) is 8.59. The molecule has 8 heteroatoms. The van der Waals surface area contributed by atoms with E-state index in [0.717, 1.165) is 12.0 Å². The van der Waals surface area contributed by atoms with E-state index in [1.54, 1.807) is 29.5 Å². The monoisotopic (exact) mass is 365 g/mol. The van der Waals surface area contributed by atoms with E-state index >= 15 is 0 Å². The molecule has 0 N–H and O–H groups in total. The van der Waals surface area contributed by atoms with Crippen LogP contribution in [0.2, 0.25) is 0 Å². The van der Waals surface area contributed by atoms with Crippen LogP contribution in [-0.4, -0.2) is 45.0 Å². The van der Waals surface area contributed by atoms with Crippen molar-refractivity contribution in [1.29, 1.82) is 0 Å². The van der Waals surface area contributed by atoms with Gasteiger partial charge in [0.1, 0.15) is 12.1 Å². The number of hydrogen-bond donors (Lipinski definition) is 0. The van der Waals surface area contributed by atoms with Gasteiger partial charge in [0.2, 0.25) is 0 Å². The Morgan fingerprint density at radius 2 is 2.07 bits per heavy atom. The Labute approximate surface area is 155 Å². The van der Waals surface area contributed by atoms with Crippen molar-refractivity contribution >= 4 is 16.7 Å². The van der Waals surface area contributed by atoms with Crippen molar-refractivity contribution in [3.05, 3.63) is 53.2 Å². The fourth-order valence-corrected chi connectivity index (χ4v) is 3.16. The molecule has 0 saturated carbocycles. The smallest absolute Gasteiger partial charge is 0.262 e. The second kappa shape index (κ2) is 7.16. The standard InChI is InChI=1S/C19H19N5O3/c1-26-10-4-8-23-9-7-15-16(18(23)25)17(24-19(22-15)20-12-21-24)13-5-3-6-14(11-13)27-2/h3,5-7,9,11-12H,4,8,10H2,1-2H3. The van der Waals surface area contributed by atoms with Gasteiger partial charge in [0, 0.05) is 32.0 Å². The van der Waals surface area contributed by atoms with Crippen LogP contribution in [0.5, 0.6) is 5.75 Å². The molecule has 1 aromatic carbocycles. The minimum atomic E-state index is -0.119. The van der Waals surface area contributed by atoms with Gasteiger partial charge in [-0.05, 0) is 24.6 Å². The second-order valence-corrected chi connectivity index (χ2v) is 6.09. The predicted molar refractivity (Wildman–Crippen MR) is 101 cm³/mol. The molecule has 0 atom stereocenters. The van der Waals surface area contributed by atoms with Crippen LogP contribution in [0.3, 0.4) is 0 Å². The molecular weight excluding hydrogens is 346 g/mol. The molecule has 0 radical (unpaired) electrons. The number of benzene rings is 1. The Hall–Kier alpha value is -3.26. The van der Waals surface area contributed by atoms with Gasteiger partial charge < -0.3 is 14.0 Å². The summed E-state index contributed by atoms with van der Waals surface area (Å²) in [5.41, 5.74) is 1.93. The average Bonchev–Trinajstić information content (AvgIpc) is 3.16. The van der Waals surface area contributed by atoms with Crippen LogP contribution in [-0.2, 0) is 11.3 Å². The van der Waals surface area contributed by atoms with Gasteiger partial charge >= 0.3 is 0 Å². The SMILES string of the molecule is COCCCn1ccc2nc3ncnn3c(-c3cccc(OC)c3)c2c1=O.